The number of allylic oxidation sites excluding steroid dienone is 1. The van der Waals surface area contributed by atoms with Crippen LogP contribution < -0.4 is 0 Å². The van der Waals surface area contributed by atoms with E-state index in [-0.39, 0.29) is 6.10 Å². The van der Waals surface area contributed by atoms with Gasteiger partial charge in [0.15, 0.2) is 0 Å². The number of aliphatic hydroxyl groups excluding tert-OH is 1. The molecule has 1 atom stereocenters. The fraction of sp³-hybridized carbons (Fsp3) is 0.714. The van der Waals surface area contributed by atoms with Crippen molar-refractivity contribution in [3.05, 3.63) is 12.2 Å². The van der Waals surface area contributed by atoms with E-state index in [4.69, 9.17) is 5.11 Å². The van der Waals surface area contributed by atoms with Crippen LogP contribution >= 0.6 is 0 Å². The van der Waals surface area contributed by atoms with E-state index in [0.29, 0.717) is 5.92 Å². The average Bonchev–Trinajstić information content (AvgIpc) is 2.45. The Hall–Kier alpha value is -0.300. The third-order valence-electron chi connectivity index (χ3n) is 1.49. The van der Waals surface area contributed by atoms with Gasteiger partial charge in [-0.05, 0) is 25.7 Å². The molecule has 0 saturated heterocycles. The van der Waals surface area contributed by atoms with Gasteiger partial charge >= 0.3 is 0 Å². The monoisotopic (exact) mass is 112 g/mol. The Kier molecular flexibility index (Phi) is 1.69. The number of rotatable bonds is 2. The second-order valence-corrected chi connectivity index (χ2v) is 2.35. The SMILES string of the molecule is CC=CC(O)C1CC1. The van der Waals surface area contributed by atoms with Gasteiger partial charge in [-0.2, -0.15) is 0 Å². The Labute approximate surface area is 50.0 Å². The molecule has 46 valence electrons. The Balaban J connectivity index is 2.22. The van der Waals surface area contributed by atoms with Gasteiger partial charge in [0, 0.05) is 0 Å². The highest BCUT2D eigenvalue weighted by Gasteiger charge is 2.27. The largest absolute Gasteiger partial charge is 0.389 e. The highest BCUT2D eigenvalue weighted by atomic mass is 16.3. The van der Waals surface area contributed by atoms with Crippen LogP contribution in [0.25, 0.3) is 0 Å². The summed E-state index contributed by atoms with van der Waals surface area (Å²) in [6.07, 6.45) is 6.04. The van der Waals surface area contributed by atoms with Crippen LogP contribution in [0.5, 0.6) is 0 Å². The van der Waals surface area contributed by atoms with Crippen molar-refractivity contribution >= 4 is 0 Å². The minimum absolute atomic E-state index is 0.153. The lowest BCUT2D eigenvalue weighted by molar-refractivity contribution is 0.199. The topological polar surface area (TPSA) is 20.2 Å². The fourth-order valence-electron chi connectivity index (χ4n) is 0.792. The van der Waals surface area contributed by atoms with Crippen molar-refractivity contribution in [2.45, 2.75) is 25.9 Å². The van der Waals surface area contributed by atoms with Crippen molar-refractivity contribution in [1.82, 2.24) is 0 Å². The van der Waals surface area contributed by atoms with Crippen molar-refractivity contribution < 1.29 is 5.11 Å². The minimum Gasteiger partial charge on any atom is -0.389 e. The molecule has 0 radical (unpaired) electrons. The number of aliphatic hydroxyl groups is 1. The molecule has 0 aromatic rings. The first-order valence-electron chi connectivity index (χ1n) is 3.15. The maximum atomic E-state index is 9.10. The van der Waals surface area contributed by atoms with Crippen LogP contribution in [0.2, 0.25) is 0 Å². The zero-order valence-corrected chi connectivity index (χ0v) is 5.17. The highest BCUT2D eigenvalue weighted by Crippen LogP contribution is 2.32. The molecule has 1 fully saturated rings. The zero-order valence-electron chi connectivity index (χ0n) is 5.17. The Morgan fingerprint density at radius 3 is 2.62 bits per heavy atom. The van der Waals surface area contributed by atoms with Crippen LogP contribution in [-0.2, 0) is 0 Å². The predicted octanol–water partition coefficient (Wildman–Crippen LogP) is 1.33. The molecule has 0 aliphatic heterocycles. The van der Waals surface area contributed by atoms with Gasteiger partial charge in [-0.25, -0.2) is 0 Å². The summed E-state index contributed by atoms with van der Waals surface area (Å²) in [6, 6.07) is 0. The van der Waals surface area contributed by atoms with Crippen molar-refractivity contribution in [1.29, 1.82) is 0 Å². The van der Waals surface area contributed by atoms with Crippen molar-refractivity contribution in [2.24, 2.45) is 5.92 Å². The first-order chi connectivity index (χ1) is 3.84. The van der Waals surface area contributed by atoms with E-state index >= 15 is 0 Å². The average molecular weight is 112 g/mol. The van der Waals surface area contributed by atoms with Crippen LogP contribution in [-0.4, -0.2) is 11.2 Å². The first kappa shape index (κ1) is 5.83. The zero-order chi connectivity index (χ0) is 5.98. The van der Waals surface area contributed by atoms with E-state index in [1.54, 1.807) is 0 Å². The summed E-state index contributed by atoms with van der Waals surface area (Å²) >= 11 is 0. The maximum Gasteiger partial charge on any atom is 0.0748 e. The lowest BCUT2D eigenvalue weighted by Crippen LogP contribution is -2.03. The molecule has 1 saturated carbocycles. The van der Waals surface area contributed by atoms with Gasteiger partial charge in [-0.3, -0.25) is 0 Å². The molecule has 1 aliphatic carbocycles. The van der Waals surface area contributed by atoms with Gasteiger partial charge in [-0.15, -0.1) is 0 Å². The van der Waals surface area contributed by atoms with Crippen molar-refractivity contribution in [2.75, 3.05) is 0 Å². The Bertz CT molecular complexity index is 92.6. The molecule has 1 rings (SSSR count). The second-order valence-electron chi connectivity index (χ2n) is 2.35. The molecule has 1 nitrogen and oxygen atoms in total. The molecule has 0 aromatic heterocycles. The molecule has 0 bridgehead atoms. The number of hydrogen-bond acceptors (Lipinski definition) is 1. The van der Waals surface area contributed by atoms with Crippen molar-refractivity contribution in [3.8, 4) is 0 Å². The summed E-state index contributed by atoms with van der Waals surface area (Å²) in [6.45, 7) is 1.94. The molecule has 0 heterocycles. The van der Waals surface area contributed by atoms with E-state index < -0.39 is 0 Å². The van der Waals surface area contributed by atoms with E-state index in [0.717, 1.165) is 0 Å². The summed E-state index contributed by atoms with van der Waals surface area (Å²) in [4.78, 5) is 0. The quantitative estimate of drug-likeness (QED) is 0.534. The van der Waals surface area contributed by atoms with Crippen LogP contribution in [0.1, 0.15) is 19.8 Å². The van der Waals surface area contributed by atoms with Gasteiger partial charge in [-0.1, -0.05) is 12.2 Å². The maximum absolute atomic E-state index is 9.10. The lowest BCUT2D eigenvalue weighted by Gasteiger charge is -1.98. The van der Waals surface area contributed by atoms with Gasteiger partial charge in [0.25, 0.3) is 0 Å². The van der Waals surface area contributed by atoms with E-state index in [1.807, 2.05) is 19.1 Å². The second kappa shape index (κ2) is 2.31. The van der Waals surface area contributed by atoms with Crippen LogP contribution in [0, 0.1) is 5.92 Å². The molecule has 8 heavy (non-hydrogen) atoms. The minimum atomic E-state index is -0.153. The molecule has 0 aromatic carbocycles. The molecule has 1 aliphatic rings. The van der Waals surface area contributed by atoms with E-state index in [9.17, 15) is 0 Å². The van der Waals surface area contributed by atoms with Gasteiger partial charge < -0.3 is 5.11 Å². The van der Waals surface area contributed by atoms with Gasteiger partial charge in [0.05, 0.1) is 6.10 Å². The van der Waals surface area contributed by atoms with E-state index in [2.05, 4.69) is 0 Å². The van der Waals surface area contributed by atoms with Crippen LogP contribution in [0.4, 0.5) is 0 Å². The summed E-state index contributed by atoms with van der Waals surface area (Å²) in [5, 5.41) is 9.10. The number of hydrogen-bond donors (Lipinski definition) is 1. The molecule has 1 heteroatoms. The fourth-order valence-corrected chi connectivity index (χ4v) is 0.792. The third kappa shape index (κ3) is 1.34. The molecule has 0 amide bonds. The standard InChI is InChI=1S/C7H12O/c1-2-3-7(8)6-4-5-6/h2-3,6-8H,4-5H2,1H3. The molecule has 1 unspecified atom stereocenters. The molecule has 0 spiro atoms. The van der Waals surface area contributed by atoms with Crippen molar-refractivity contribution in [3.63, 3.8) is 0 Å². The first-order valence-corrected chi connectivity index (χ1v) is 3.15. The Morgan fingerprint density at radius 1 is 1.62 bits per heavy atom. The molecular weight excluding hydrogens is 100 g/mol. The van der Waals surface area contributed by atoms with Gasteiger partial charge in [0.2, 0.25) is 0 Å². The van der Waals surface area contributed by atoms with Crippen LogP contribution in [0.3, 0.4) is 0 Å². The summed E-state index contributed by atoms with van der Waals surface area (Å²) < 4.78 is 0. The Morgan fingerprint density at radius 2 is 2.25 bits per heavy atom. The normalized spacial score (nSPS) is 24.2. The summed E-state index contributed by atoms with van der Waals surface area (Å²) in [5.41, 5.74) is 0. The summed E-state index contributed by atoms with van der Waals surface area (Å²) in [5.74, 6) is 0.589. The highest BCUT2D eigenvalue weighted by molar-refractivity contribution is 4.94. The molecule has 1 N–H and O–H groups in total. The smallest absolute Gasteiger partial charge is 0.0748 e. The lowest BCUT2D eigenvalue weighted by atomic mass is 10.2. The third-order valence-corrected chi connectivity index (χ3v) is 1.49. The van der Waals surface area contributed by atoms with Crippen LogP contribution in [0.15, 0.2) is 12.2 Å². The predicted molar refractivity (Wildman–Crippen MR) is 33.5 cm³/mol. The van der Waals surface area contributed by atoms with Gasteiger partial charge in [0.1, 0.15) is 0 Å². The molecular formula is C7H12O. The van der Waals surface area contributed by atoms with E-state index in [1.165, 1.54) is 12.8 Å². The summed E-state index contributed by atoms with van der Waals surface area (Å²) in [7, 11) is 0.